The molecule has 2 fully saturated rings. The van der Waals surface area contributed by atoms with Crippen LogP contribution < -0.4 is 4.74 Å². The Kier molecular flexibility index (Phi) is 7.33. The summed E-state index contributed by atoms with van der Waals surface area (Å²) < 4.78 is 19.3. The molecule has 4 unspecified atom stereocenters. The lowest BCUT2D eigenvalue weighted by Gasteiger charge is -2.42. The van der Waals surface area contributed by atoms with Crippen molar-refractivity contribution in [3.05, 3.63) is 41.7 Å². The minimum atomic E-state index is -0.265. The third kappa shape index (κ3) is 5.01. The molecule has 2 aromatic carbocycles. The van der Waals surface area contributed by atoms with Crippen molar-refractivity contribution in [2.75, 3.05) is 7.11 Å². The van der Waals surface area contributed by atoms with Crippen molar-refractivity contribution in [1.82, 2.24) is 0 Å². The lowest BCUT2D eigenvalue weighted by Crippen LogP contribution is -2.30. The Morgan fingerprint density at radius 3 is 2.50 bits per heavy atom. The van der Waals surface area contributed by atoms with Crippen molar-refractivity contribution in [2.24, 2.45) is 17.8 Å². The summed E-state index contributed by atoms with van der Waals surface area (Å²) in [7, 11) is 1.53. The first-order chi connectivity index (χ1) is 14.7. The zero-order chi connectivity index (χ0) is 20.9. The molecule has 2 saturated carbocycles. The summed E-state index contributed by atoms with van der Waals surface area (Å²) in [5, 5.41) is 2.06. The number of unbranched alkanes of at least 4 members (excludes halogenated alkanes) is 4. The maximum absolute atomic E-state index is 14.2. The molecule has 0 aromatic heterocycles. The summed E-state index contributed by atoms with van der Waals surface area (Å²) in [6.45, 7) is 2.30. The topological polar surface area (TPSA) is 9.23 Å². The van der Waals surface area contributed by atoms with Gasteiger partial charge in [-0.1, -0.05) is 70.1 Å². The van der Waals surface area contributed by atoms with Gasteiger partial charge < -0.3 is 4.74 Å². The van der Waals surface area contributed by atoms with Crippen LogP contribution in [-0.2, 0) is 0 Å². The van der Waals surface area contributed by atoms with Crippen LogP contribution in [0.3, 0.4) is 0 Å². The van der Waals surface area contributed by atoms with E-state index in [0.717, 1.165) is 28.5 Å². The number of hydrogen-bond acceptors (Lipinski definition) is 1. The Bertz CT molecular complexity index is 829. The van der Waals surface area contributed by atoms with E-state index in [1.54, 1.807) is 6.07 Å². The fourth-order valence-corrected chi connectivity index (χ4v) is 6.27. The molecule has 2 aromatic rings. The molecule has 4 atom stereocenters. The molecule has 30 heavy (non-hydrogen) atoms. The maximum Gasteiger partial charge on any atom is 0.165 e. The molecule has 0 spiro atoms. The molecule has 0 bridgehead atoms. The van der Waals surface area contributed by atoms with Crippen LogP contribution in [0.5, 0.6) is 5.75 Å². The average Bonchev–Trinajstić information content (AvgIpc) is 2.77. The quantitative estimate of drug-likeness (QED) is 0.396. The Morgan fingerprint density at radius 2 is 1.67 bits per heavy atom. The highest BCUT2D eigenvalue weighted by molar-refractivity contribution is 5.84. The second-order valence-electron chi connectivity index (χ2n) is 10.0. The molecule has 164 valence electrons. The fourth-order valence-electron chi connectivity index (χ4n) is 6.27. The molecule has 2 aliphatic rings. The van der Waals surface area contributed by atoms with Gasteiger partial charge in [0.15, 0.2) is 11.6 Å². The van der Waals surface area contributed by atoms with Crippen molar-refractivity contribution >= 4 is 10.8 Å². The monoisotopic (exact) mass is 410 g/mol. The number of hydrogen-bond donors (Lipinski definition) is 0. The van der Waals surface area contributed by atoms with E-state index in [1.807, 2.05) is 6.07 Å². The van der Waals surface area contributed by atoms with E-state index < -0.39 is 0 Å². The molecule has 4 rings (SSSR count). The molecule has 1 nitrogen and oxygen atoms in total. The number of rotatable bonds is 8. The van der Waals surface area contributed by atoms with Gasteiger partial charge in [-0.3, -0.25) is 0 Å². The lowest BCUT2D eigenvalue weighted by atomic mass is 9.63. The zero-order valence-electron chi connectivity index (χ0n) is 19.0. The fraction of sp³-hybridized carbons (Fsp3) is 0.643. The summed E-state index contributed by atoms with van der Waals surface area (Å²) >= 11 is 0. The van der Waals surface area contributed by atoms with Crippen LogP contribution in [0.2, 0.25) is 0 Å². The summed E-state index contributed by atoms with van der Waals surface area (Å²) in [6, 6.07) is 10.1. The minimum absolute atomic E-state index is 0.265. The molecule has 0 aliphatic heterocycles. The smallest absolute Gasteiger partial charge is 0.165 e. The van der Waals surface area contributed by atoms with Crippen molar-refractivity contribution in [3.8, 4) is 5.75 Å². The van der Waals surface area contributed by atoms with Crippen LogP contribution in [0.1, 0.15) is 95.5 Å². The Hall–Kier alpha value is -1.57. The first-order valence-electron chi connectivity index (χ1n) is 12.4. The molecule has 0 heterocycles. The zero-order valence-corrected chi connectivity index (χ0v) is 19.0. The summed E-state index contributed by atoms with van der Waals surface area (Å²) in [6.07, 6.45) is 16.9. The van der Waals surface area contributed by atoms with Crippen LogP contribution in [0, 0.1) is 23.6 Å². The highest BCUT2D eigenvalue weighted by Gasteiger charge is 2.35. The standard InChI is InChI=1S/C28H39FO/c1-3-4-5-6-7-8-20-9-10-22-16-23(12-11-21(22)15-20)24-13-14-25-19-28(30-2)27(29)18-26(25)17-24/h13-14,17-23H,3-12,15-16H2,1-2H3. The van der Waals surface area contributed by atoms with Crippen LogP contribution in [0.25, 0.3) is 10.8 Å². The van der Waals surface area contributed by atoms with E-state index in [9.17, 15) is 4.39 Å². The van der Waals surface area contributed by atoms with E-state index in [0.29, 0.717) is 11.7 Å². The van der Waals surface area contributed by atoms with Crippen LogP contribution >= 0.6 is 0 Å². The number of halogens is 1. The van der Waals surface area contributed by atoms with Gasteiger partial charge in [0.05, 0.1) is 7.11 Å². The van der Waals surface area contributed by atoms with Gasteiger partial charge in [-0.05, 0) is 84.2 Å². The Labute approximate surface area is 182 Å². The number of ether oxygens (including phenoxy) is 1. The van der Waals surface area contributed by atoms with Crippen molar-refractivity contribution in [3.63, 3.8) is 0 Å². The van der Waals surface area contributed by atoms with Gasteiger partial charge in [0, 0.05) is 0 Å². The van der Waals surface area contributed by atoms with E-state index in [1.165, 1.54) is 89.7 Å². The Balaban J connectivity index is 1.34. The molecule has 2 aliphatic carbocycles. The number of benzene rings is 2. The summed E-state index contributed by atoms with van der Waals surface area (Å²) in [4.78, 5) is 0. The molecular formula is C28H39FO. The van der Waals surface area contributed by atoms with Crippen molar-refractivity contribution in [1.29, 1.82) is 0 Å². The normalized spacial score (nSPS) is 26.5. The third-order valence-electron chi connectivity index (χ3n) is 8.04. The van der Waals surface area contributed by atoms with Gasteiger partial charge in [-0.15, -0.1) is 0 Å². The second-order valence-corrected chi connectivity index (χ2v) is 10.0. The molecule has 0 radical (unpaired) electrons. The number of fused-ring (bicyclic) bond motifs is 2. The van der Waals surface area contributed by atoms with Gasteiger partial charge in [-0.2, -0.15) is 0 Å². The molecule has 0 saturated heterocycles. The Morgan fingerprint density at radius 1 is 0.867 bits per heavy atom. The van der Waals surface area contributed by atoms with Crippen LogP contribution in [0.4, 0.5) is 4.39 Å². The van der Waals surface area contributed by atoms with Crippen LogP contribution in [-0.4, -0.2) is 7.11 Å². The molecule has 0 N–H and O–H groups in total. The molecule has 2 heteroatoms. The first-order valence-corrected chi connectivity index (χ1v) is 12.4. The van der Waals surface area contributed by atoms with Crippen molar-refractivity contribution < 1.29 is 9.13 Å². The number of methoxy groups -OCH3 is 1. The third-order valence-corrected chi connectivity index (χ3v) is 8.04. The predicted molar refractivity (Wildman–Crippen MR) is 125 cm³/mol. The second kappa shape index (κ2) is 10.2. The van der Waals surface area contributed by atoms with Gasteiger partial charge in [0.2, 0.25) is 0 Å². The van der Waals surface area contributed by atoms with Crippen molar-refractivity contribution in [2.45, 2.75) is 89.9 Å². The van der Waals surface area contributed by atoms with Gasteiger partial charge in [-0.25, -0.2) is 4.39 Å². The largest absolute Gasteiger partial charge is 0.494 e. The van der Waals surface area contributed by atoms with Gasteiger partial charge >= 0.3 is 0 Å². The van der Waals surface area contributed by atoms with E-state index >= 15 is 0 Å². The highest BCUT2D eigenvalue weighted by Crippen LogP contribution is 2.48. The van der Waals surface area contributed by atoms with Gasteiger partial charge in [0.1, 0.15) is 0 Å². The van der Waals surface area contributed by atoms with E-state index in [4.69, 9.17) is 4.74 Å². The minimum Gasteiger partial charge on any atom is -0.494 e. The predicted octanol–water partition coefficient (Wildman–Crippen LogP) is 8.65. The van der Waals surface area contributed by atoms with Crippen LogP contribution in [0.15, 0.2) is 30.3 Å². The highest BCUT2D eigenvalue weighted by atomic mass is 19.1. The summed E-state index contributed by atoms with van der Waals surface area (Å²) in [5.74, 6) is 3.56. The molecule has 0 amide bonds. The van der Waals surface area contributed by atoms with E-state index in [-0.39, 0.29) is 5.82 Å². The average molecular weight is 411 g/mol. The first kappa shape index (κ1) is 21.7. The van der Waals surface area contributed by atoms with Gasteiger partial charge in [0.25, 0.3) is 0 Å². The summed E-state index contributed by atoms with van der Waals surface area (Å²) in [5.41, 5.74) is 1.41. The van der Waals surface area contributed by atoms with E-state index in [2.05, 4.69) is 25.1 Å². The lowest BCUT2D eigenvalue weighted by molar-refractivity contribution is 0.113. The SMILES string of the molecule is CCCCCCCC1CCC2CC(c3ccc4cc(OC)c(F)cc4c3)CCC2C1. The molecular weight excluding hydrogens is 371 g/mol. The maximum atomic E-state index is 14.2.